The monoisotopic (exact) mass is 428 g/mol. The van der Waals surface area contributed by atoms with Crippen molar-refractivity contribution in [2.45, 2.75) is 36.5 Å². The number of rotatable bonds is 11. The van der Waals surface area contributed by atoms with Crippen LogP contribution in [0, 0.1) is 13.8 Å². The zero-order valence-electron chi connectivity index (χ0n) is 15.7. The maximum Gasteiger partial charge on any atom is 0.262 e. The molecule has 2 aromatic carbocycles. The molecule has 2 N–H and O–H groups in total. The second-order valence-corrected chi connectivity index (χ2v) is 9.49. The first kappa shape index (κ1) is 22.5. The molecule has 0 bridgehead atoms. The van der Waals surface area contributed by atoms with Gasteiger partial charge in [0.05, 0.1) is 23.0 Å². The van der Waals surface area contributed by atoms with Crippen molar-refractivity contribution in [1.82, 2.24) is 9.77 Å². The van der Waals surface area contributed by atoms with Crippen molar-refractivity contribution >= 4 is 20.0 Å². The molecule has 0 saturated carbocycles. The molecule has 0 aromatic heterocycles. The van der Waals surface area contributed by atoms with Crippen molar-refractivity contribution < 1.29 is 26.5 Å². The van der Waals surface area contributed by atoms with Gasteiger partial charge in [-0.25, -0.2) is 16.8 Å². The largest absolute Gasteiger partial charge is 0.287 e. The fourth-order valence-corrected chi connectivity index (χ4v) is 3.78. The van der Waals surface area contributed by atoms with Crippen LogP contribution in [-0.2, 0) is 29.7 Å². The van der Waals surface area contributed by atoms with E-state index in [1.54, 1.807) is 24.3 Å². The molecule has 0 aliphatic rings. The predicted octanol–water partition coefficient (Wildman–Crippen LogP) is 2.20. The molecule has 0 radical (unpaired) electrons. The molecule has 0 heterocycles. The molecule has 10 heteroatoms. The molecule has 0 amide bonds. The van der Waals surface area contributed by atoms with Gasteiger partial charge in [-0.3, -0.25) is 9.68 Å². The molecule has 2 aromatic rings. The van der Waals surface area contributed by atoms with Crippen LogP contribution in [0.15, 0.2) is 58.3 Å². The Morgan fingerprint density at radius 2 is 0.964 bits per heavy atom. The highest BCUT2D eigenvalue weighted by atomic mass is 32.2. The van der Waals surface area contributed by atoms with E-state index < -0.39 is 20.0 Å². The summed E-state index contributed by atoms with van der Waals surface area (Å²) in [6, 6.07) is 12.8. The third-order valence-corrected chi connectivity index (χ3v) is 6.20. The van der Waals surface area contributed by atoms with Gasteiger partial charge < -0.3 is 0 Å². The summed E-state index contributed by atoms with van der Waals surface area (Å²) >= 11 is 0. The first-order valence-electron chi connectivity index (χ1n) is 8.61. The highest BCUT2D eigenvalue weighted by Gasteiger charge is 2.14. The minimum absolute atomic E-state index is 0.118. The van der Waals surface area contributed by atoms with Gasteiger partial charge in [-0.05, 0) is 51.0 Å². The van der Waals surface area contributed by atoms with Gasteiger partial charge >= 0.3 is 0 Å². The van der Waals surface area contributed by atoms with Gasteiger partial charge in [-0.15, -0.1) is 0 Å². The summed E-state index contributed by atoms with van der Waals surface area (Å²) < 4.78 is 48.0. The topological polar surface area (TPSA) is 111 Å². The van der Waals surface area contributed by atoms with Crippen molar-refractivity contribution in [3.63, 3.8) is 0 Å². The highest BCUT2D eigenvalue weighted by Crippen LogP contribution is 2.11. The van der Waals surface area contributed by atoms with E-state index in [9.17, 15) is 16.8 Å². The van der Waals surface area contributed by atoms with Crippen LogP contribution in [0.4, 0.5) is 0 Å². The number of sulfonamides is 2. The number of unbranched alkanes of at least 4 members (excludes halogenated alkanes) is 1. The predicted molar refractivity (Wildman–Crippen MR) is 104 cm³/mol. The Balaban J connectivity index is 1.63. The fourth-order valence-electron chi connectivity index (χ4n) is 2.12. The fraction of sp³-hybridized carbons (Fsp3) is 0.333. The molecule has 0 saturated heterocycles. The summed E-state index contributed by atoms with van der Waals surface area (Å²) in [7, 11) is -7.45. The minimum atomic E-state index is -3.72. The smallest absolute Gasteiger partial charge is 0.262 e. The molecule has 2 rings (SSSR count). The average Bonchev–Trinajstić information content (AvgIpc) is 2.64. The Labute approximate surface area is 165 Å². The molecule has 8 nitrogen and oxygen atoms in total. The third-order valence-electron chi connectivity index (χ3n) is 3.74. The van der Waals surface area contributed by atoms with E-state index in [4.69, 9.17) is 9.68 Å². The van der Waals surface area contributed by atoms with Crippen molar-refractivity contribution in [3.05, 3.63) is 59.7 Å². The number of aryl methyl sites for hydroxylation is 2. The summed E-state index contributed by atoms with van der Waals surface area (Å²) in [5.74, 6) is 0. The van der Waals surface area contributed by atoms with Crippen LogP contribution in [0.2, 0.25) is 0 Å². The first-order valence-corrected chi connectivity index (χ1v) is 11.6. The van der Waals surface area contributed by atoms with Crippen LogP contribution in [0.25, 0.3) is 0 Å². The Hall–Kier alpha value is -1.82. The number of nitrogens with one attached hydrogen (secondary N) is 2. The van der Waals surface area contributed by atoms with Crippen LogP contribution >= 0.6 is 0 Å². The van der Waals surface area contributed by atoms with E-state index in [1.807, 2.05) is 13.8 Å². The summed E-state index contributed by atoms with van der Waals surface area (Å²) in [6.07, 6.45) is 0.950. The molecular formula is C18H24N2O6S2. The Morgan fingerprint density at radius 1 is 0.643 bits per heavy atom. The molecule has 28 heavy (non-hydrogen) atoms. The van der Waals surface area contributed by atoms with Crippen molar-refractivity contribution in [1.29, 1.82) is 0 Å². The zero-order chi connectivity index (χ0) is 20.6. The normalized spacial score (nSPS) is 12.2. The maximum atomic E-state index is 12.0. The Bertz CT molecular complexity index is 875. The lowest BCUT2D eigenvalue weighted by molar-refractivity contribution is 0.0646. The van der Waals surface area contributed by atoms with Crippen molar-refractivity contribution in [2.75, 3.05) is 13.2 Å². The van der Waals surface area contributed by atoms with E-state index in [2.05, 4.69) is 9.77 Å². The second-order valence-electron chi connectivity index (χ2n) is 6.20. The van der Waals surface area contributed by atoms with E-state index in [1.165, 1.54) is 24.3 Å². The average molecular weight is 429 g/mol. The lowest BCUT2D eigenvalue weighted by Crippen LogP contribution is -2.25. The minimum Gasteiger partial charge on any atom is -0.287 e. The molecule has 0 unspecified atom stereocenters. The Kier molecular flexibility index (Phi) is 8.10. The molecule has 0 fully saturated rings. The SMILES string of the molecule is Cc1ccc(S(=O)(=O)NOCCCCONS(=O)(=O)c2ccc(C)cc2)cc1. The number of hydrogen-bond donors (Lipinski definition) is 2. The summed E-state index contributed by atoms with van der Waals surface area (Å²) in [6.45, 7) is 3.98. The molecule has 0 aliphatic carbocycles. The highest BCUT2D eigenvalue weighted by molar-refractivity contribution is 7.89. The van der Waals surface area contributed by atoms with Gasteiger partial charge in [0.15, 0.2) is 0 Å². The Morgan fingerprint density at radius 3 is 1.29 bits per heavy atom. The maximum absolute atomic E-state index is 12.0. The zero-order valence-corrected chi connectivity index (χ0v) is 17.3. The van der Waals surface area contributed by atoms with Crippen LogP contribution in [-0.4, -0.2) is 30.0 Å². The lowest BCUT2D eigenvalue weighted by Gasteiger charge is -2.09. The molecule has 154 valence electrons. The van der Waals surface area contributed by atoms with Gasteiger partial charge in [0.1, 0.15) is 0 Å². The summed E-state index contributed by atoms with van der Waals surface area (Å²) in [4.78, 5) is 14.3. The molecular weight excluding hydrogens is 404 g/mol. The second kappa shape index (κ2) is 10.1. The van der Waals surface area contributed by atoms with E-state index in [-0.39, 0.29) is 23.0 Å². The van der Waals surface area contributed by atoms with Crippen LogP contribution < -0.4 is 9.77 Å². The first-order chi connectivity index (χ1) is 13.2. The van der Waals surface area contributed by atoms with Crippen LogP contribution in [0.1, 0.15) is 24.0 Å². The third kappa shape index (κ3) is 6.97. The molecule has 0 atom stereocenters. The van der Waals surface area contributed by atoms with Gasteiger partial charge in [0.25, 0.3) is 20.0 Å². The van der Waals surface area contributed by atoms with E-state index >= 15 is 0 Å². The van der Waals surface area contributed by atoms with Gasteiger partial charge in [-0.1, -0.05) is 45.2 Å². The van der Waals surface area contributed by atoms with Gasteiger partial charge in [-0.2, -0.15) is 0 Å². The van der Waals surface area contributed by atoms with E-state index in [0.717, 1.165) is 11.1 Å². The quantitative estimate of drug-likeness (QED) is 0.419. The number of benzene rings is 2. The number of hydrogen-bond acceptors (Lipinski definition) is 6. The molecule has 0 spiro atoms. The van der Waals surface area contributed by atoms with Crippen LogP contribution in [0.5, 0.6) is 0 Å². The lowest BCUT2D eigenvalue weighted by atomic mass is 10.2. The standard InChI is InChI=1S/C18H24N2O6S2/c1-15-5-9-17(10-6-15)27(21,22)19-25-13-3-4-14-26-20-28(23,24)18-11-7-16(2)8-12-18/h5-12,19-20H,3-4,13-14H2,1-2H3. The summed E-state index contributed by atoms with van der Waals surface area (Å²) in [5, 5.41) is 0. The summed E-state index contributed by atoms with van der Waals surface area (Å²) in [5.41, 5.74) is 1.91. The van der Waals surface area contributed by atoms with Crippen molar-refractivity contribution in [3.8, 4) is 0 Å². The van der Waals surface area contributed by atoms with Crippen molar-refractivity contribution in [2.24, 2.45) is 0 Å². The van der Waals surface area contributed by atoms with Gasteiger partial charge in [0, 0.05) is 0 Å². The molecule has 0 aliphatic heterocycles. The van der Waals surface area contributed by atoms with E-state index in [0.29, 0.717) is 12.8 Å². The van der Waals surface area contributed by atoms with Gasteiger partial charge in [0.2, 0.25) is 0 Å². The van der Waals surface area contributed by atoms with Crippen LogP contribution in [0.3, 0.4) is 0 Å².